The van der Waals surface area contributed by atoms with E-state index in [0.717, 1.165) is 39.1 Å². The van der Waals surface area contributed by atoms with Gasteiger partial charge in [-0.25, -0.2) is 0 Å². The number of hydrogen-bond acceptors (Lipinski definition) is 3. The molecule has 4 nitrogen and oxygen atoms in total. The molecule has 1 saturated heterocycles. The van der Waals surface area contributed by atoms with Gasteiger partial charge in [0.05, 0.1) is 6.04 Å². The van der Waals surface area contributed by atoms with Crippen LogP contribution in [0, 0.1) is 0 Å². The Labute approximate surface area is 121 Å². The molecule has 1 amide bonds. The van der Waals surface area contributed by atoms with Crippen molar-refractivity contribution in [3.8, 4) is 0 Å². The highest BCUT2D eigenvalue weighted by Crippen LogP contribution is 2.06. The van der Waals surface area contributed by atoms with Crippen molar-refractivity contribution in [2.45, 2.75) is 19.4 Å². The van der Waals surface area contributed by atoms with E-state index < -0.39 is 0 Å². The molecule has 1 fully saturated rings. The molecule has 0 spiro atoms. The fraction of sp³-hybridized carbons (Fsp3) is 0.562. The highest BCUT2D eigenvalue weighted by molar-refractivity contribution is 5.81. The van der Waals surface area contributed by atoms with Gasteiger partial charge in [-0.3, -0.25) is 9.69 Å². The summed E-state index contributed by atoms with van der Waals surface area (Å²) in [7, 11) is 1.91. The van der Waals surface area contributed by atoms with Crippen molar-refractivity contribution in [2.24, 2.45) is 0 Å². The van der Waals surface area contributed by atoms with Gasteiger partial charge in [0.1, 0.15) is 0 Å². The van der Waals surface area contributed by atoms with Crippen molar-refractivity contribution in [3.05, 3.63) is 35.9 Å². The first-order chi connectivity index (χ1) is 9.68. The molecule has 110 valence electrons. The lowest BCUT2D eigenvalue weighted by Crippen LogP contribution is -2.53. The topological polar surface area (TPSA) is 35.6 Å². The number of likely N-dealkylation sites (N-methyl/N-ethyl adjacent to an activating group) is 1. The van der Waals surface area contributed by atoms with Crippen molar-refractivity contribution >= 4 is 5.91 Å². The summed E-state index contributed by atoms with van der Waals surface area (Å²) < 4.78 is 0. The van der Waals surface area contributed by atoms with Crippen molar-refractivity contribution in [2.75, 3.05) is 39.8 Å². The quantitative estimate of drug-likeness (QED) is 0.870. The van der Waals surface area contributed by atoms with E-state index in [-0.39, 0.29) is 11.9 Å². The molecule has 0 aromatic heterocycles. The van der Waals surface area contributed by atoms with Crippen LogP contribution in [0.3, 0.4) is 0 Å². The first-order valence-electron chi connectivity index (χ1n) is 7.42. The third-order valence-electron chi connectivity index (χ3n) is 4.01. The van der Waals surface area contributed by atoms with Crippen LogP contribution in [-0.2, 0) is 11.2 Å². The smallest absolute Gasteiger partial charge is 0.239 e. The van der Waals surface area contributed by atoms with E-state index in [2.05, 4.69) is 22.3 Å². The minimum absolute atomic E-state index is 0.0159. The molecule has 0 saturated carbocycles. The fourth-order valence-corrected chi connectivity index (χ4v) is 2.60. The van der Waals surface area contributed by atoms with Gasteiger partial charge in [-0.05, 0) is 18.9 Å². The average molecular weight is 275 g/mol. The maximum absolute atomic E-state index is 12.4. The molecule has 1 heterocycles. The van der Waals surface area contributed by atoms with Crippen molar-refractivity contribution in [1.82, 2.24) is 15.1 Å². The molecule has 1 aromatic carbocycles. The minimum atomic E-state index is -0.0159. The van der Waals surface area contributed by atoms with Crippen LogP contribution < -0.4 is 5.32 Å². The second-order valence-electron chi connectivity index (χ2n) is 5.46. The lowest BCUT2D eigenvalue weighted by Gasteiger charge is -2.34. The van der Waals surface area contributed by atoms with Gasteiger partial charge in [-0.15, -0.1) is 0 Å². The van der Waals surface area contributed by atoms with E-state index in [1.807, 2.05) is 37.1 Å². The fourth-order valence-electron chi connectivity index (χ4n) is 2.60. The average Bonchev–Trinajstić information content (AvgIpc) is 2.53. The molecule has 1 aliphatic heterocycles. The van der Waals surface area contributed by atoms with Crippen LogP contribution in [0.4, 0.5) is 0 Å². The molecule has 0 bridgehead atoms. The first-order valence-corrected chi connectivity index (χ1v) is 7.42. The van der Waals surface area contributed by atoms with Gasteiger partial charge in [-0.2, -0.15) is 0 Å². The molecule has 0 radical (unpaired) electrons. The summed E-state index contributed by atoms with van der Waals surface area (Å²) in [5, 5.41) is 3.32. The molecule has 1 N–H and O–H groups in total. The SMILES string of the molecule is CC(C(=O)N(C)CCc1ccccc1)N1CCNCC1. The van der Waals surface area contributed by atoms with Crippen LogP contribution in [0.15, 0.2) is 30.3 Å². The lowest BCUT2D eigenvalue weighted by molar-refractivity contribution is -0.135. The predicted octanol–water partition coefficient (Wildman–Crippen LogP) is 0.981. The Balaban J connectivity index is 1.81. The normalized spacial score (nSPS) is 17.7. The van der Waals surface area contributed by atoms with E-state index >= 15 is 0 Å². The molecular formula is C16H25N3O. The molecule has 1 unspecified atom stereocenters. The van der Waals surface area contributed by atoms with Gasteiger partial charge >= 0.3 is 0 Å². The second kappa shape index (κ2) is 7.41. The van der Waals surface area contributed by atoms with E-state index in [1.54, 1.807) is 0 Å². The zero-order valence-corrected chi connectivity index (χ0v) is 12.5. The number of hydrogen-bond donors (Lipinski definition) is 1. The number of amides is 1. The van der Waals surface area contributed by atoms with E-state index in [0.29, 0.717) is 0 Å². The molecule has 1 aliphatic rings. The van der Waals surface area contributed by atoms with Gasteiger partial charge in [0.2, 0.25) is 5.91 Å². The first kappa shape index (κ1) is 15.0. The standard InChI is InChI=1S/C16H25N3O/c1-14(19-12-9-17-10-13-19)16(20)18(2)11-8-15-6-4-3-5-7-15/h3-7,14,17H,8-13H2,1-2H3. The predicted molar refractivity (Wildman–Crippen MR) is 81.7 cm³/mol. The van der Waals surface area contributed by atoms with Crippen LogP contribution in [0.5, 0.6) is 0 Å². The van der Waals surface area contributed by atoms with Crippen LogP contribution in [0.25, 0.3) is 0 Å². The third kappa shape index (κ3) is 4.05. The number of carbonyl (C=O) groups excluding carboxylic acids is 1. The third-order valence-corrected chi connectivity index (χ3v) is 4.01. The summed E-state index contributed by atoms with van der Waals surface area (Å²) in [6, 6.07) is 10.3. The van der Waals surface area contributed by atoms with Crippen LogP contribution >= 0.6 is 0 Å². The molecule has 4 heteroatoms. The van der Waals surface area contributed by atoms with Crippen LogP contribution in [-0.4, -0.2) is 61.5 Å². The Morgan fingerprint density at radius 1 is 1.30 bits per heavy atom. The maximum Gasteiger partial charge on any atom is 0.239 e. The Morgan fingerprint density at radius 2 is 1.95 bits per heavy atom. The van der Waals surface area contributed by atoms with Gasteiger partial charge in [0, 0.05) is 39.8 Å². The van der Waals surface area contributed by atoms with Gasteiger partial charge in [0.15, 0.2) is 0 Å². The summed E-state index contributed by atoms with van der Waals surface area (Å²) in [6.45, 7) is 6.67. The lowest BCUT2D eigenvalue weighted by atomic mass is 10.1. The zero-order valence-electron chi connectivity index (χ0n) is 12.5. The number of piperazine rings is 1. The minimum Gasteiger partial charge on any atom is -0.344 e. The Hall–Kier alpha value is -1.39. The monoisotopic (exact) mass is 275 g/mol. The maximum atomic E-state index is 12.4. The highest BCUT2D eigenvalue weighted by Gasteiger charge is 2.24. The summed E-state index contributed by atoms with van der Waals surface area (Å²) in [5.41, 5.74) is 1.28. The molecule has 1 atom stereocenters. The van der Waals surface area contributed by atoms with Crippen molar-refractivity contribution in [3.63, 3.8) is 0 Å². The van der Waals surface area contributed by atoms with E-state index in [9.17, 15) is 4.79 Å². The number of nitrogens with one attached hydrogen (secondary N) is 1. The summed E-state index contributed by atoms with van der Waals surface area (Å²) in [5.74, 6) is 0.225. The molecule has 0 aliphatic carbocycles. The molecule has 2 rings (SSSR count). The van der Waals surface area contributed by atoms with Gasteiger partial charge < -0.3 is 10.2 Å². The largest absolute Gasteiger partial charge is 0.344 e. The number of rotatable bonds is 5. The highest BCUT2D eigenvalue weighted by atomic mass is 16.2. The Kier molecular flexibility index (Phi) is 5.56. The summed E-state index contributed by atoms with van der Waals surface area (Å²) >= 11 is 0. The zero-order chi connectivity index (χ0) is 14.4. The second-order valence-corrected chi connectivity index (χ2v) is 5.46. The summed E-state index contributed by atoms with van der Waals surface area (Å²) in [6.07, 6.45) is 0.914. The number of carbonyl (C=O) groups is 1. The summed E-state index contributed by atoms with van der Waals surface area (Å²) in [4.78, 5) is 16.5. The number of nitrogens with zero attached hydrogens (tertiary/aromatic N) is 2. The van der Waals surface area contributed by atoms with E-state index in [1.165, 1.54) is 5.56 Å². The van der Waals surface area contributed by atoms with Gasteiger partial charge in [0.25, 0.3) is 0 Å². The van der Waals surface area contributed by atoms with Crippen LogP contribution in [0.1, 0.15) is 12.5 Å². The Morgan fingerprint density at radius 3 is 2.60 bits per heavy atom. The van der Waals surface area contributed by atoms with Crippen LogP contribution in [0.2, 0.25) is 0 Å². The Bertz CT molecular complexity index is 415. The van der Waals surface area contributed by atoms with E-state index in [4.69, 9.17) is 0 Å². The molecule has 1 aromatic rings. The van der Waals surface area contributed by atoms with Crippen molar-refractivity contribution < 1.29 is 4.79 Å². The molecule has 20 heavy (non-hydrogen) atoms. The molecular weight excluding hydrogens is 250 g/mol. The number of benzene rings is 1. The van der Waals surface area contributed by atoms with Gasteiger partial charge in [-0.1, -0.05) is 30.3 Å². The van der Waals surface area contributed by atoms with Crippen molar-refractivity contribution in [1.29, 1.82) is 0 Å².